The Morgan fingerprint density at radius 3 is 2.88 bits per heavy atom. The largest absolute Gasteiger partial charge is 0.505 e. The Labute approximate surface area is 99.5 Å². The molecule has 0 saturated heterocycles. The van der Waals surface area contributed by atoms with Crippen LogP contribution in [-0.2, 0) is 0 Å². The Bertz CT molecular complexity index is 408. The summed E-state index contributed by atoms with van der Waals surface area (Å²) in [5.74, 6) is -0.579. The van der Waals surface area contributed by atoms with E-state index < -0.39 is 12.0 Å². The Morgan fingerprint density at radius 2 is 2.18 bits per heavy atom. The van der Waals surface area contributed by atoms with Gasteiger partial charge in [-0.05, 0) is 25.0 Å². The SMILES string of the molecule is O=C(N[C@H]1CCCC[C@@H]1O)c1ncccc1O. The van der Waals surface area contributed by atoms with Crippen molar-refractivity contribution < 1.29 is 15.0 Å². The van der Waals surface area contributed by atoms with Crippen LogP contribution in [0.2, 0.25) is 0 Å². The Kier molecular flexibility index (Phi) is 3.58. The predicted molar refractivity (Wildman–Crippen MR) is 61.6 cm³/mol. The number of hydrogen-bond donors (Lipinski definition) is 3. The summed E-state index contributed by atoms with van der Waals surface area (Å²) in [6.45, 7) is 0. The summed E-state index contributed by atoms with van der Waals surface area (Å²) in [4.78, 5) is 15.7. The lowest BCUT2D eigenvalue weighted by atomic mass is 9.92. The molecule has 3 N–H and O–H groups in total. The number of rotatable bonds is 2. The zero-order chi connectivity index (χ0) is 12.3. The van der Waals surface area contributed by atoms with E-state index in [-0.39, 0.29) is 17.5 Å². The van der Waals surface area contributed by atoms with E-state index in [4.69, 9.17) is 0 Å². The van der Waals surface area contributed by atoms with Crippen LogP contribution in [0.25, 0.3) is 0 Å². The van der Waals surface area contributed by atoms with Crippen molar-refractivity contribution in [3.05, 3.63) is 24.0 Å². The summed E-state index contributed by atoms with van der Waals surface area (Å²) in [6.07, 6.45) is 4.41. The number of aliphatic hydroxyl groups is 1. The molecule has 92 valence electrons. The second kappa shape index (κ2) is 5.14. The highest BCUT2D eigenvalue weighted by Crippen LogP contribution is 2.19. The molecule has 2 atom stereocenters. The maximum absolute atomic E-state index is 11.8. The molecule has 0 radical (unpaired) electrons. The van der Waals surface area contributed by atoms with Gasteiger partial charge < -0.3 is 15.5 Å². The number of nitrogens with one attached hydrogen (secondary N) is 1. The Balaban J connectivity index is 2.04. The molecule has 0 spiro atoms. The van der Waals surface area contributed by atoms with Gasteiger partial charge in [0.1, 0.15) is 5.75 Å². The molecule has 5 nitrogen and oxygen atoms in total. The van der Waals surface area contributed by atoms with Gasteiger partial charge in [-0.2, -0.15) is 0 Å². The van der Waals surface area contributed by atoms with Gasteiger partial charge in [-0.1, -0.05) is 12.8 Å². The number of carbonyl (C=O) groups is 1. The number of aromatic hydroxyl groups is 1. The van der Waals surface area contributed by atoms with Crippen LogP contribution in [0, 0.1) is 0 Å². The number of carbonyl (C=O) groups excluding carboxylic acids is 1. The number of amides is 1. The summed E-state index contributed by atoms with van der Waals surface area (Å²) in [6, 6.07) is 2.73. The van der Waals surface area contributed by atoms with Gasteiger partial charge in [0, 0.05) is 6.20 Å². The van der Waals surface area contributed by atoms with E-state index in [0.717, 1.165) is 19.3 Å². The van der Waals surface area contributed by atoms with Crippen molar-refractivity contribution >= 4 is 5.91 Å². The average Bonchev–Trinajstić information content (AvgIpc) is 2.32. The first-order valence-electron chi connectivity index (χ1n) is 5.81. The number of aromatic nitrogens is 1. The molecule has 1 aliphatic rings. The Morgan fingerprint density at radius 1 is 1.41 bits per heavy atom. The van der Waals surface area contributed by atoms with Crippen LogP contribution in [-0.4, -0.2) is 33.3 Å². The van der Waals surface area contributed by atoms with E-state index in [0.29, 0.717) is 6.42 Å². The van der Waals surface area contributed by atoms with Crippen molar-refractivity contribution in [1.82, 2.24) is 10.3 Å². The summed E-state index contributed by atoms with van der Waals surface area (Å²) in [7, 11) is 0. The molecule has 0 aliphatic heterocycles. The predicted octanol–water partition coefficient (Wildman–Crippen LogP) is 0.820. The number of pyridine rings is 1. The second-order valence-electron chi connectivity index (χ2n) is 4.30. The molecule has 1 aliphatic carbocycles. The van der Waals surface area contributed by atoms with Gasteiger partial charge in [-0.3, -0.25) is 4.79 Å². The van der Waals surface area contributed by atoms with E-state index in [2.05, 4.69) is 10.3 Å². The third-order valence-electron chi connectivity index (χ3n) is 3.05. The van der Waals surface area contributed by atoms with E-state index in [9.17, 15) is 15.0 Å². The van der Waals surface area contributed by atoms with Crippen molar-refractivity contribution in [2.45, 2.75) is 37.8 Å². The minimum Gasteiger partial charge on any atom is -0.505 e. The molecule has 1 fully saturated rings. The zero-order valence-corrected chi connectivity index (χ0v) is 9.47. The first-order valence-corrected chi connectivity index (χ1v) is 5.81. The quantitative estimate of drug-likeness (QED) is 0.710. The molecule has 0 bridgehead atoms. The van der Waals surface area contributed by atoms with Gasteiger partial charge in [-0.25, -0.2) is 4.98 Å². The highest BCUT2D eigenvalue weighted by Gasteiger charge is 2.25. The van der Waals surface area contributed by atoms with E-state index in [1.54, 1.807) is 6.07 Å². The maximum atomic E-state index is 11.8. The number of aliphatic hydroxyl groups excluding tert-OH is 1. The minimum absolute atomic E-state index is 0.00488. The van der Waals surface area contributed by atoms with Gasteiger partial charge in [0.05, 0.1) is 12.1 Å². The van der Waals surface area contributed by atoms with Crippen LogP contribution >= 0.6 is 0 Å². The Hall–Kier alpha value is -1.62. The molecule has 1 aromatic rings. The van der Waals surface area contributed by atoms with Crippen LogP contribution < -0.4 is 5.32 Å². The standard InChI is InChI=1S/C12H16N2O3/c15-9-5-2-1-4-8(9)14-12(17)11-10(16)6-3-7-13-11/h3,6-9,15-16H,1-2,4-5H2,(H,14,17)/t8-,9-/m0/s1. The molecule has 0 unspecified atom stereocenters. The second-order valence-corrected chi connectivity index (χ2v) is 4.30. The summed E-state index contributed by atoms with van der Waals surface area (Å²) in [5.41, 5.74) is 0.00488. The summed E-state index contributed by atoms with van der Waals surface area (Å²) in [5, 5.41) is 21.9. The minimum atomic E-state index is -0.501. The van der Waals surface area contributed by atoms with Crippen molar-refractivity contribution in [3.63, 3.8) is 0 Å². The van der Waals surface area contributed by atoms with E-state index >= 15 is 0 Å². The van der Waals surface area contributed by atoms with Crippen molar-refractivity contribution in [3.8, 4) is 5.75 Å². The first kappa shape index (κ1) is 11.9. The molecule has 1 amide bonds. The topological polar surface area (TPSA) is 82.5 Å². The van der Waals surface area contributed by atoms with E-state index in [1.807, 2.05) is 0 Å². The highest BCUT2D eigenvalue weighted by atomic mass is 16.3. The molecule has 5 heteroatoms. The van der Waals surface area contributed by atoms with Gasteiger partial charge in [-0.15, -0.1) is 0 Å². The van der Waals surface area contributed by atoms with Crippen molar-refractivity contribution in [2.24, 2.45) is 0 Å². The average molecular weight is 236 g/mol. The molecule has 1 saturated carbocycles. The fraction of sp³-hybridized carbons (Fsp3) is 0.500. The highest BCUT2D eigenvalue weighted by molar-refractivity contribution is 5.94. The van der Waals surface area contributed by atoms with Gasteiger partial charge in [0.15, 0.2) is 5.69 Å². The summed E-state index contributed by atoms with van der Waals surface area (Å²) >= 11 is 0. The van der Waals surface area contributed by atoms with Crippen LogP contribution in [0.15, 0.2) is 18.3 Å². The molecule has 17 heavy (non-hydrogen) atoms. The third-order valence-corrected chi connectivity index (χ3v) is 3.05. The molecule has 1 aromatic heterocycles. The van der Waals surface area contributed by atoms with Crippen LogP contribution in [0.5, 0.6) is 5.75 Å². The molecule has 2 rings (SSSR count). The fourth-order valence-corrected chi connectivity index (χ4v) is 2.09. The smallest absolute Gasteiger partial charge is 0.274 e. The molecular formula is C12H16N2O3. The molecule has 1 heterocycles. The normalized spacial score (nSPS) is 24.3. The number of nitrogens with zero attached hydrogens (tertiary/aromatic N) is 1. The lowest BCUT2D eigenvalue weighted by molar-refractivity contribution is 0.0711. The first-order chi connectivity index (χ1) is 8.18. The van der Waals surface area contributed by atoms with Crippen molar-refractivity contribution in [1.29, 1.82) is 0 Å². The van der Waals surface area contributed by atoms with Crippen LogP contribution in [0.1, 0.15) is 36.2 Å². The monoisotopic (exact) mass is 236 g/mol. The van der Waals surface area contributed by atoms with E-state index in [1.165, 1.54) is 12.3 Å². The maximum Gasteiger partial charge on any atom is 0.274 e. The number of hydrogen-bond acceptors (Lipinski definition) is 4. The van der Waals surface area contributed by atoms with Crippen molar-refractivity contribution in [2.75, 3.05) is 0 Å². The van der Waals surface area contributed by atoms with Gasteiger partial charge in [0.25, 0.3) is 5.91 Å². The third kappa shape index (κ3) is 2.74. The van der Waals surface area contributed by atoms with Gasteiger partial charge >= 0.3 is 0 Å². The lowest BCUT2D eigenvalue weighted by Crippen LogP contribution is -2.45. The van der Waals surface area contributed by atoms with Crippen LogP contribution in [0.4, 0.5) is 0 Å². The fourth-order valence-electron chi connectivity index (χ4n) is 2.09. The lowest BCUT2D eigenvalue weighted by Gasteiger charge is -2.28. The van der Waals surface area contributed by atoms with Gasteiger partial charge in [0.2, 0.25) is 0 Å². The summed E-state index contributed by atoms with van der Waals surface area (Å²) < 4.78 is 0. The zero-order valence-electron chi connectivity index (χ0n) is 9.47. The van der Waals surface area contributed by atoms with Crippen LogP contribution in [0.3, 0.4) is 0 Å². The molecular weight excluding hydrogens is 220 g/mol. The molecule has 0 aromatic carbocycles.